The van der Waals surface area contributed by atoms with Gasteiger partial charge in [0.2, 0.25) is 0 Å². The van der Waals surface area contributed by atoms with Gasteiger partial charge in [0.15, 0.2) is 17.5 Å². The summed E-state index contributed by atoms with van der Waals surface area (Å²) in [4.78, 5) is 9.30. The first kappa shape index (κ1) is 24.2. The highest BCUT2D eigenvalue weighted by atomic mass is 127. The predicted molar refractivity (Wildman–Crippen MR) is 126 cm³/mol. The molecule has 1 aromatic heterocycles. The molecule has 9 nitrogen and oxygen atoms in total. The Balaban J connectivity index is 0.00000320. The van der Waals surface area contributed by atoms with E-state index in [1.807, 2.05) is 36.7 Å². The summed E-state index contributed by atoms with van der Waals surface area (Å²) in [6.45, 7) is 6.32. The van der Waals surface area contributed by atoms with Gasteiger partial charge < -0.3 is 25.2 Å². The Kier molecular flexibility index (Phi) is 9.63. The quantitative estimate of drug-likeness (QED) is 0.273. The molecule has 0 radical (unpaired) electrons. The number of rotatable bonds is 8. The lowest BCUT2D eigenvalue weighted by atomic mass is 10.1. The van der Waals surface area contributed by atoms with Crippen LogP contribution in [0.5, 0.6) is 11.5 Å². The summed E-state index contributed by atoms with van der Waals surface area (Å²) in [5.74, 6) is 3.74. The third-order valence-corrected chi connectivity index (χ3v) is 4.63. The van der Waals surface area contributed by atoms with Crippen LogP contribution in [0.1, 0.15) is 43.0 Å². The number of aryl methyl sites for hydroxylation is 2. The average Bonchev–Trinajstić information content (AvgIpc) is 3.12. The number of benzene rings is 1. The Labute approximate surface area is 194 Å². The second-order valence-corrected chi connectivity index (χ2v) is 6.83. The van der Waals surface area contributed by atoms with Crippen molar-refractivity contribution in [3.63, 3.8) is 0 Å². The summed E-state index contributed by atoms with van der Waals surface area (Å²) < 4.78 is 12.9. The van der Waals surface area contributed by atoms with Crippen molar-refractivity contribution in [1.82, 2.24) is 25.4 Å². The summed E-state index contributed by atoms with van der Waals surface area (Å²) in [6, 6.07) is 5.78. The van der Waals surface area contributed by atoms with Gasteiger partial charge in [-0.15, -0.1) is 24.0 Å². The highest BCUT2D eigenvalue weighted by Crippen LogP contribution is 2.28. The monoisotopic (exact) mass is 530 g/mol. The van der Waals surface area contributed by atoms with Crippen LogP contribution in [-0.4, -0.2) is 52.7 Å². The van der Waals surface area contributed by atoms with Crippen molar-refractivity contribution in [3.05, 3.63) is 35.4 Å². The second kappa shape index (κ2) is 11.9. The number of aromatic nitrogens is 3. The van der Waals surface area contributed by atoms with Gasteiger partial charge in [0, 0.05) is 13.1 Å². The Morgan fingerprint density at radius 3 is 2.93 bits per heavy atom. The van der Waals surface area contributed by atoms with E-state index < -0.39 is 0 Å². The van der Waals surface area contributed by atoms with Crippen molar-refractivity contribution in [2.75, 3.05) is 26.9 Å². The summed E-state index contributed by atoms with van der Waals surface area (Å²) >= 11 is 0. The molecule has 0 spiro atoms. The maximum Gasteiger partial charge on any atom is 0.192 e. The highest BCUT2D eigenvalue weighted by Gasteiger charge is 2.24. The molecule has 1 aromatic carbocycles. The predicted octanol–water partition coefficient (Wildman–Crippen LogP) is 2.17. The molecule has 3 rings (SSSR count). The van der Waals surface area contributed by atoms with Gasteiger partial charge in [-0.3, -0.25) is 0 Å². The van der Waals surface area contributed by atoms with Crippen molar-refractivity contribution >= 4 is 29.9 Å². The maximum absolute atomic E-state index is 8.93. The van der Waals surface area contributed by atoms with Crippen molar-refractivity contribution in [2.45, 2.75) is 45.8 Å². The minimum absolute atomic E-state index is 0. The highest BCUT2D eigenvalue weighted by molar-refractivity contribution is 14.0. The van der Waals surface area contributed by atoms with E-state index in [0.29, 0.717) is 18.0 Å². The fourth-order valence-corrected chi connectivity index (χ4v) is 3.35. The molecule has 30 heavy (non-hydrogen) atoms. The molecule has 0 saturated heterocycles. The van der Waals surface area contributed by atoms with Crippen LogP contribution in [-0.2, 0) is 13.1 Å². The van der Waals surface area contributed by atoms with Gasteiger partial charge in [0.1, 0.15) is 18.3 Å². The van der Waals surface area contributed by atoms with Gasteiger partial charge in [0.25, 0.3) is 0 Å². The SMILES string of the molecule is CCNC(=NCc1ccc(OCCO)c(OC)c1)NC1CCCn2nc(C)nc21.I. The van der Waals surface area contributed by atoms with Crippen LogP contribution < -0.4 is 20.1 Å². The number of nitrogens with one attached hydrogen (secondary N) is 2. The molecule has 1 atom stereocenters. The lowest BCUT2D eigenvalue weighted by Crippen LogP contribution is -2.41. The lowest BCUT2D eigenvalue weighted by molar-refractivity contribution is 0.196. The Morgan fingerprint density at radius 1 is 1.37 bits per heavy atom. The molecule has 10 heteroatoms. The van der Waals surface area contributed by atoms with Crippen molar-refractivity contribution in [3.8, 4) is 11.5 Å². The van der Waals surface area contributed by atoms with Gasteiger partial charge in [-0.05, 0) is 44.4 Å². The van der Waals surface area contributed by atoms with E-state index >= 15 is 0 Å². The number of ether oxygens (including phenoxy) is 2. The van der Waals surface area contributed by atoms with Crippen LogP contribution in [0.4, 0.5) is 0 Å². The molecule has 166 valence electrons. The van der Waals surface area contributed by atoms with Crippen molar-refractivity contribution in [1.29, 1.82) is 0 Å². The number of halogens is 1. The van der Waals surface area contributed by atoms with E-state index in [9.17, 15) is 0 Å². The number of hydrogen-bond acceptors (Lipinski definition) is 6. The van der Waals surface area contributed by atoms with Crippen LogP contribution in [0, 0.1) is 6.92 Å². The molecular formula is C20H31IN6O3. The topological polar surface area (TPSA) is 106 Å². The Bertz CT molecular complexity index is 842. The molecule has 1 aliphatic rings. The summed E-state index contributed by atoms with van der Waals surface area (Å²) in [6.07, 6.45) is 2.05. The van der Waals surface area contributed by atoms with Gasteiger partial charge >= 0.3 is 0 Å². The first-order valence-electron chi connectivity index (χ1n) is 10.0. The minimum atomic E-state index is -0.0403. The molecule has 1 unspecified atom stereocenters. The summed E-state index contributed by atoms with van der Waals surface area (Å²) in [7, 11) is 1.60. The van der Waals surface area contributed by atoms with E-state index in [-0.39, 0.29) is 43.2 Å². The molecule has 0 amide bonds. The average molecular weight is 530 g/mol. The summed E-state index contributed by atoms with van der Waals surface area (Å²) in [5, 5.41) is 20.2. The molecular weight excluding hydrogens is 499 g/mol. The Hall–Kier alpha value is -2.08. The van der Waals surface area contributed by atoms with Gasteiger partial charge in [-0.2, -0.15) is 5.10 Å². The molecule has 0 bridgehead atoms. The van der Waals surface area contributed by atoms with E-state index in [1.54, 1.807) is 7.11 Å². The number of aliphatic hydroxyl groups is 1. The van der Waals surface area contributed by atoms with E-state index in [0.717, 1.165) is 49.1 Å². The number of methoxy groups -OCH3 is 1. The van der Waals surface area contributed by atoms with Crippen molar-refractivity contribution in [2.24, 2.45) is 4.99 Å². The standard InChI is InChI=1S/C20H30N6O3.HI/c1-4-21-20(24-16-6-5-9-26-19(16)23-14(2)25-26)22-13-15-7-8-17(29-11-10-27)18(12-15)28-3;/h7-8,12,16,27H,4-6,9-11,13H2,1-3H3,(H2,21,22,24);1H. The third-order valence-electron chi connectivity index (χ3n) is 4.63. The number of hydrogen-bond donors (Lipinski definition) is 3. The van der Waals surface area contributed by atoms with Gasteiger partial charge in [-0.25, -0.2) is 14.7 Å². The molecule has 1 aliphatic heterocycles. The molecule has 0 saturated carbocycles. The van der Waals surface area contributed by atoms with E-state index in [1.165, 1.54) is 0 Å². The zero-order valence-electron chi connectivity index (χ0n) is 17.7. The minimum Gasteiger partial charge on any atom is -0.493 e. The molecule has 2 aromatic rings. The molecule has 0 aliphatic carbocycles. The van der Waals surface area contributed by atoms with E-state index in [4.69, 9.17) is 19.6 Å². The zero-order valence-corrected chi connectivity index (χ0v) is 20.1. The molecule has 0 fully saturated rings. The maximum atomic E-state index is 8.93. The van der Waals surface area contributed by atoms with Gasteiger partial charge in [-0.1, -0.05) is 6.07 Å². The van der Waals surface area contributed by atoms with Crippen LogP contribution in [0.15, 0.2) is 23.2 Å². The summed E-state index contributed by atoms with van der Waals surface area (Å²) in [5.41, 5.74) is 0.998. The fraction of sp³-hybridized carbons (Fsp3) is 0.550. The van der Waals surface area contributed by atoms with Crippen LogP contribution >= 0.6 is 24.0 Å². The van der Waals surface area contributed by atoms with Crippen LogP contribution in [0.25, 0.3) is 0 Å². The first-order chi connectivity index (χ1) is 14.1. The van der Waals surface area contributed by atoms with Crippen LogP contribution in [0.3, 0.4) is 0 Å². The molecule has 3 N–H and O–H groups in total. The number of guanidine groups is 1. The van der Waals surface area contributed by atoms with Gasteiger partial charge in [0.05, 0.1) is 26.3 Å². The number of fused-ring (bicyclic) bond motifs is 1. The smallest absolute Gasteiger partial charge is 0.192 e. The lowest BCUT2D eigenvalue weighted by Gasteiger charge is -2.25. The normalized spacial score (nSPS) is 15.7. The second-order valence-electron chi connectivity index (χ2n) is 6.83. The number of aliphatic hydroxyl groups excluding tert-OH is 1. The molecule has 2 heterocycles. The first-order valence-corrected chi connectivity index (χ1v) is 10.0. The number of nitrogens with zero attached hydrogens (tertiary/aromatic N) is 4. The largest absolute Gasteiger partial charge is 0.493 e. The van der Waals surface area contributed by atoms with Crippen molar-refractivity contribution < 1.29 is 14.6 Å². The number of aliphatic imine (C=N–C) groups is 1. The Morgan fingerprint density at radius 2 is 2.20 bits per heavy atom. The van der Waals surface area contributed by atoms with E-state index in [2.05, 4.69) is 20.7 Å². The third kappa shape index (κ3) is 6.21. The van der Waals surface area contributed by atoms with Crippen LogP contribution in [0.2, 0.25) is 0 Å². The zero-order chi connectivity index (χ0) is 20.6. The fourth-order valence-electron chi connectivity index (χ4n) is 3.35.